The molecule has 1 amide bonds. The van der Waals surface area contributed by atoms with Crippen molar-refractivity contribution in [2.24, 2.45) is 0 Å². The van der Waals surface area contributed by atoms with Gasteiger partial charge < -0.3 is 10.1 Å². The van der Waals surface area contributed by atoms with E-state index in [0.717, 1.165) is 5.75 Å². The Balaban J connectivity index is 1.56. The van der Waals surface area contributed by atoms with Gasteiger partial charge in [0.05, 0.1) is 21.5 Å². The van der Waals surface area contributed by atoms with Crippen LogP contribution in [0.2, 0.25) is 10.0 Å². The SMILES string of the molecule is CC(C)(C)c1ccc(OCCNC(=O)[C@H]2CCCN2S(=O)(=O)c2ccc(Cl)c(Cl)c2)cc1. The highest BCUT2D eigenvalue weighted by Gasteiger charge is 2.39. The summed E-state index contributed by atoms with van der Waals surface area (Å²) in [6, 6.07) is 11.3. The maximum Gasteiger partial charge on any atom is 0.243 e. The van der Waals surface area contributed by atoms with Crippen LogP contribution in [0.3, 0.4) is 0 Å². The quantitative estimate of drug-likeness (QED) is 0.564. The van der Waals surface area contributed by atoms with Crippen molar-refractivity contribution >= 4 is 39.1 Å². The van der Waals surface area contributed by atoms with Crippen LogP contribution in [0.4, 0.5) is 0 Å². The minimum Gasteiger partial charge on any atom is -0.492 e. The topological polar surface area (TPSA) is 75.7 Å². The van der Waals surface area contributed by atoms with E-state index in [1.165, 1.54) is 28.1 Å². The average Bonchev–Trinajstić information content (AvgIpc) is 3.23. The third kappa shape index (κ3) is 5.76. The van der Waals surface area contributed by atoms with Crippen molar-refractivity contribution in [3.8, 4) is 5.75 Å². The molecule has 3 rings (SSSR count). The van der Waals surface area contributed by atoms with Gasteiger partial charge in [-0.3, -0.25) is 4.79 Å². The normalized spacial score (nSPS) is 17.3. The molecule has 0 saturated carbocycles. The van der Waals surface area contributed by atoms with Crippen LogP contribution in [0.25, 0.3) is 0 Å². The minimum atomic E-state index is -3.86. The maximum absolute atomic E-state index is 13.0. The molecule has 1 fully saturated rings. The predicted octanol–water partition coefficient (Wildman–Crippen LogP) is 4.64. The second kappa shape index (κ2) is 10.00. The van der Waals surface area contributed by atoms with Crippen LogP contribution in [-0.4, -0.2) is 44.4 Å². The third-order valence-corrected chi connectivity index (χ3v) is 8.04. The number of hydrogen-bond acceptors (Lipinski definition) is 4. The third-order valence-electron chi connectivity index (χ3n) is 5.39. The number of nitrogens with one attached hydrogen (secondary N) is 1. The fraction of sp³-hybridized carbons (Fsp3) is 0.435. The van der Waals surface area contributed by atoms with Gasteiger partial charge in [-0.1, -0.05) is 56.1 Å². The molecule has 9 heteroatoms. The molecule has 0 bridgehead atoms. The van der Waals surface area contributed by atoms with E-state index in [4.69, 9.17) is 27.9 Å². The number of ether oxygens (including phenoxy) is 1. The Hall–Kier alpha value is -1.80. The highest BCUT2D eigenvalue weighted by Crippen LogP contribution is 2.30. The first kappa shape index (κ1) is 24.8. The van der Waals surface area contributed by atoms with Crippen LogP contribution < -0.4 is 10.1 Å². The van der Waals surface area contributed by atoms with Gasteiger partial charge in [0, 0.05) is 6.54 Å². The summed E-state index contributed by atoms with van der Waals surface area (Å²) in [7, 11) is -3.86. The molecule has 0 radical (unpaired) electrons. The fourth-order valence-electron chi connectivity index (χ4n) is 3.57. The van der Waals surface area contributed by atoms with Crippen molar-refractivity contribution in [1.29, 1.82) is 0 Å². The lowest BCUT2D eigenvalue weighted by atomic mass is 9.87. The molecule has 0 aromatic heterocycles. The Morgan fingerprint density at radius 1 is 1.12 bits per heavy atom. The van der Waals surface area contributed by atoms with Gasteiger partial charge in [0.15, 0.2) is 0 Å². The number of carbonyl (C=O) groups is 1. The van der Waals surface area contributed by atoms with E-state index in [1.807, 2.05) is 24.3 Å². The zero-order valence-electron chi connectivity index (χ0n) is 18.4. The van der Waals surface area contributed by atoms with Crippen LogP contribution in [-0.2, 0) is 20.2 Å². The van der Waals surface area contributed by atoms with Crippen molar-refractivity contribution < 1.29 is 17.9 Å². The summed E-state index contributed by atoms with van der Waals surface area (Å²) in [6.07, 6.45) is 1.07. The van der Waals surface area contributed by atoms with Crippen molar-refractivity contribution in [1.82, 2.24) is 9.62 Å². The first-order valence-electron chi connectivity index (χ1n) is 10.5. The molecule has 2 aromatic carbocycles. The maximum atomic E-state index is 13.0. The van der Waals surface area contributed by atoms with E-state index in [2.05, 4.69) is 26.1 Å². The van der Waals surface area contributed by atoms with E-state index in [1.54, 1.807) is 0 Å². The van der Waals surface area contributed by atoms with E-state index >= 15 is 0 Å². The summed E-state index contributed by atoms with van der Waals surface area (Å²) in [5.41, 5.74) is 1.28. The molecule has 174 valence electrons. The van der Waals surface area contributed by atoms with E-state index < -0.39 is 16.1 Å². The van der Waals surface area contributed by atoms with Gasteiger partial charge in [-0.25, -0.2) is 8.42 Å². The molecular formula is C23H28Cl2N2O4S. The van der Waals surface area contributed by atoms with Gasteiger partial charge in [0.2, 0.25) is 15.9 Å². The summed E-state index contributed by atoms with van der Waals surface area (Å²) in [4.78, 5) is 12.7. The number of sulfonamides is 1. The van der Waals surface area contributed by atoms with E-state index in [-0.39, 0.29) is 46.0 Å². The fourth-order valence-corrected chi connectivity index (χ4v) is 5.62. The molecule has 0 spiro atoms. The molecule has 6 nitrogen and oxygen atoms in total. The van der Waals surface area contributed by atoms with Gasteiger partial charge in [0.25, 0.3) is 0 Å². The Morgan fingerprint density at radius 2 is 1.81 bits per heavy atom. The molecule has 1 aliphatic heterocycles. The lowest BCUT2D eigenvalue weighted by molar-refractivity contribution is -0.124. The molecule has 2 aromatic rings. The van der Waals surface area contributed by atoms with Crippen LogP contribution in [0, 0.1) is 0 Å². The summed E-state index contributed by atoms with van der Waals surface area (Å²) in [6.45, 7) is 7.27. The number of carbonyl (C=O) groups excluding carboxylic acids is 1. The molecular weight excluding hydrogens is 471 g/mol. The van der Waals surface area contributed by atoms with Crippen molar-refractivity contribution in [2.45, 2.75) is 50.0 Å². The monoisotopic (exact) mass is 498 g/mol. The number of rotatable bonds is 7. The Bertz CT molecular complexity index is 1070. The van der Waals surface area contributed by atoms with Crippen LogP contribution in [0.15, 0.2) is 47.4 Å². The molecule has 32 heavy (non-hydrogen) atoms. The second-order valence-electron chi connectivity index (χ2n) is 8.76. The van der Waals surface area contributed by atoms with Crippen LogP contribution in [0.1, 0.15) is 39.2 Å². The predicted molar refractivity (Wildman–Crippen MR) is 127 cm³/mol. The molecule has 0 aliphatic carbocycles. The molecule has 0 unspecified atom stereocenters. The lowest BCUT2D eigenvalue weighted by Crippen LogP contribution is -2.46. The number of amides is 1. The van der Waals surface area contributed by atoms with Gasteiger partial charge in [0.1, 0.15) is 18.4 Å². The minimum absolute atomic E-state index is 0.0219. The van der Waals surface area contributed by atoms with E-state index in [0.29, 0.717) is 12.8 Å². The van der Waals surface area contributed by atoms with Crippen LogP contribution >= 0.6 is 23.2 Å². The highest BCUT2D eigenvalue weighted by atomic mass is 35.5. The lowest BCUT2D eigenvalue weighted by Gasteiger charge is -2.23. The van der Waals surface area contributed by atoms with Gasteiger partial charge >= 0.3 is 0 Å². The molecule has 1 N–H and O–H groups in total. The standard InChI is InChI=1S/C23H28Cl2N2O4S/c1-23(2,3)16-6-8-17(9-7-16)31-14-12-26-22(28)21-5-4-13-27(21)32(29,30)18-10-11-19(24)20(25)15-18/h6-11,15,21H,4-5,12-14H2,1-3H3,(H,26,28)/t21-/m1/s1. The average molecular weight is 499 g/mol. The highest BCUT2D eigenvalue weighted by molar-refractivity contribution is 7.89. The summed E-state index contributed by atoms with van der Waals surface area (Å²) in [5, 5.41) is 3.21. The number of hydrogen-bond donors (Lipinski definition) is 1. The number of nitrogens with zero attached hydrogens (tertiary/aromatic N) is 1. The number of halogens is 2. The molecule has 1 saturated heterocycles. The van der Waals surface area contributed by atoms with E-state index in [9.17, 15) is 13.2 Å². The molecule has 1 aliphatic rings. The summed E-state index contributed by atoms with van der Waals surface area (Å²) < 4.78 is 33.0. The summed E-state index contributed by atoms with van der Waals surface area (Å²) >= 11 is 11.9. The first-order valence-corrected chi connectivity index (χ1v) is 12.7. The summed E-state index contributed by atoms with van der Waals surface area (Å²) in [5.74, 6) is 0.384. The number of benzene rings is 2. The Kier molecular flexibility index (Phi) is 7.76. The Morgan fingerprint density at radius 3 is 2.44 bits per heavy atom. The van der Waals surface area contributed by atoms with Crippen molar-refractivity contribution in [3.63, 3.8) is 0 Å². The zero-order chi connectivity index (χ0) is 23.5. The Labute approximate surface area is 199 Å². The van der Waals surface area contributed by atoms with Crippen molar-refractivity contribution in [2.75, 3.05) is 19.7 Å². The largest absolute Gasteiger partial charge is 0.492 e. The van der Waals surface area contributed by atoms with Gasteiger partial charge in [-0.2, -0.15) is 4.31 Å². The van der Waals surface area contributed by atoms with Crippen LogP contribution in [0.5, 0.6) is 5.75 Å². The molecule has 1 heterocycles. The first-order chi connectivity index (χ1) is 15.0. The second-order valence-corrected chi connectivity index (χ2v) is 11.5. The van der Waals surface area contributed by atoms with Gasteiger partial charge in [-0.15, -0.1) is 0 Å². The van der Waals surface area contributed by atoms with Gasteiger partial charge in [-0.05, 0) is 54.2 Å². The smallest absolute Gasteiger partial charge is 0.243 e. The molecule has 1 atom stereocenters. The zero-order valence-corrected chi connectivity index (χ0v) is 20.7. The van der Waals surface area contributed by atoms with Crippen molar-refractivity contribution in [3.05, 3.63) is 58.1 Å².